The highest BCUT2D eigenvalue weighted by Crippen LogP contribution is 2.14. The average molecular weight is 462 g/mol. The highest BCUT2D eigenvalue weighted by atomic mass is 16.5. The molecule has 8 heteroatoms. The smallest absolute Gasteiger partial charge is 0.239 e. The van der Waals surface area contributed by atoms with Gasteiger partial charge in [-0.1, -0.05) is 42.5 Å². The van der Waals surface area contributed by atoms with Gasteiger partial charge in [0.25, 0.3) is 0 Å². The summed E-state index contributed by atoms with van der Waals surface area (Å²) in [6.07, 6.45) is 2.88. The summed E-state index contributed by atoms with van der Waals surface area (Å²) < 4.78 is 6.96. The molecule has 4 rings (SSSR count). The molecule has 0 spiro atoms. The summed E-state index contributed by atoms with van der Waals surface area (Å²) in [6, 6.07) is 19.6. The molecular formula is C26H31N5O3. The monoisotopic (exact) mass is 461 g/mol. The third-order valence-electron chi connectivity index (χ3n) is 6.04. The van der Waals surface area contributed by atoms with Crippen LogP contribution in [0.2, 0.25) is 0 Å². The number of carbonyl (C=O) groups is 2. The molecule has 0 radical (unpaired) electrons. The van der Waals surface area contributed by atoms with E-state index in [-0.39, 0.29) is 11.8 Å². The molecule has 1 aromatic heterocycles. The lowest BCUT2D eigenvalue weighted by Gasteiger charge is -2.34. The van der Waals surface area contributed by atoms with Gasteiger partial charge in [-0.2, -0.15) is 5.10 Å². The van der Waals surface area contributed by atoms with Crippen molar-refractivity contribution in [2.45, 2.75) is 19.4 Å². The minimum absolute atomic E-state index is 0.0749. The Labute approximate surface area is 200 Å². The zero-order valence-electron chi connectivity index (χ0n) is 19.5. The van der Waals surface area contributed by atoms with Crippen LogP contribution in [0.5, 0.6) is 5.75 Å². The number of nitrogens with one attached hydrogen (secondary N) is 1. The molecule has 0 unspecified atom stereocenters. The number of aryl methyl sites for hydroxylation is 1. The van der Waals surface area contributed by atoms with Gasteiger partial charge in [0, 0.05) is 38.7 Å². The van der Waals surface area contributed by atoms with E-state index in [0.717, 1.165) is 16.9 Å². The van der Waals surface area contributed by atoms with E-state index in [1.54, 1.807) is 24.1 Å². The predicted molar refractivity (Wildman–Crippen MR) is 131 cm³/mol. The number of ether oxygens (including phenoxy) is 1. The van der Waals surface area contributed by atoms with Crippen LogP contribution in [0.1, 0.15) is 17.5 Å². The van der Waals surface area contributed by atoms with Crippen LogP contribution in [0.4, 0.5) is 5.82 Å². The van der Waals surface area contributed by atoms with Gasteiger partial charge in [0.05, 0.1) is 26.4 Å². The van der Waals surface area contributed by atoms with Crippen molar-refractivity contribution in [3.8, 4) is 5.75 Å². The third-order valence-corrected chi connectivity index (χ3v) is 6.04. The van der Waals surface area contributed by atoms with E-state index in [1.807, 2.05) is 59.5 Å². The van der Waals surface area contributed by atoms with Crippen molar-refractivity contribution in [3.63, 3.8) is 0 Å². The van der Waals surface area contributed by atoms with Gasteiger partial charge in [0.1, 0.15) is 11.6 Å². The van der Waals surface area contributed by atoms with E-state index >= 15 is 0 Å². The lowest BCUT2D eigenvalue weighted by atomic mass is 10.1. The standard InChI is InChI=1S/C26H31N5O3/c1-34-23-10-7-21(8-11-23)9-12-26(33)30-17-15-29(16-18-30)20-25(32)28-24-13-14-27-31(24)19-22-5-3-2-4-6-22/h2-8,10-11,13-14H,9,12,15-20H2,1H3,(H,28,32). The largest absolute Gasteiger partial charge is 0.497 e. The molecule has 1 aliphatic heterocycles. The number of hydrogen-bond donors (Lipinski definition) is 1. The van der Waals surface area contributed by atoms with Crippen LogP contribution in [-0.4, -0.2) is 71.2 Å². The Kier molecular flexibility index (Phi) is 7.93. The topological polar surface area (TPSA) is 79.7 Å². The van der Waals surface area contributed by atoms with Crippen molar-refractivity contribution in [2.24, 2.45) is 0 Å². The van der Waals surface area contributed by atoms with Crippen molar-refractivity contribution in [1.82, 2.24) is 19.6 Å². The first-order valence-electron chi connectivity index (χ1n) is 11.6. The summed E-state index contributed by atoms with van der Waals surface area (Å²) >= 11 is 0. The lowest BCUT2D eigenvalue weighted by molar-refractivity contribution is -0.133. The normalized spacial score (nSPS) is 14.1. The number of hydrogen-bond acceptors (Lipinski definition) is 5. The van der Waals surface area contributed by atoms with Crippen LogP contribution < -0.4 is 10.1 Å². The Hall–Kier alpha value is -3.65. The molecule has 2 aromatic carbocycles. The minimum atomic E-state index is -0.0749. The summed E-state index contributed by atoms with van der Waals surface area (Å²) in [5.74, 6) is 1.58. The van der Waals surface area contributed by atoms with Crippen LogP contribution in [0.25, 0.3) is 0 Å². The van der Waals surface area contributed by atoms with Crippen molar-refractivity contribution in [1.29, 1.82) is 0 Å². The Morgan fingerprint density at radius 3 is 2.38 bits per heavy atom. The number of anilines is 1. The Bertz CT molecular complexity index is 1070. The predicted octanol–water partition coefficient (Wildman–Crippen LogP) is 2.66. The number of methoxy groups -OCH3 is 1. The van der Waals surface area contributed by atoms with Crippen molar-refractivity contribution in [2.75, 3.05) is 45.2 Å². The average Bonchev–Trinajstić information content (AvgIpc) is 3.30. The van der Waals surface area contributed by atoms with E-state index in [2.05, 4.69) is 15.3 Å². The van der Waals surface area contributed by atoms with Crippen LogP contribution in [0.15, 0.2) is 66.9 Å². The van der Waals surface area contributed by atoms with Gasteiger partial charge in [0.2, 0.25) is 11.8 Å². The number of nitrogens with zero attached hydrogens (tertiary/aromatic N) is 4. The molecule has 0 aliphatic carbocycles. The molecule has 0 bridgehead atoms. The maximum absolute atomic E-state index is 12.6. The molecule has 34 heavy (non-hydrogen) atoms. The molecule has 0 atom stereocenters. The molecule has 2 heterocycles. The van der Waals surface area contributed by atoms with E-state index in [1.165, 1.54) is 0 Å². The Morgan fingerprint density at radius 1 is 0.941 bits per heavy atom. The maximum atomic E-state index is 12.6. The van der Waals surface area contributed by atoms with Crippen molar-refractivity contribution in [3.05, 3.63) is 78.0 Å². The number of piperazine rings is 1. The van der Waals surface area contributed by atoms with Gasteiger partial charge in [-0.15, -0.1) is 0 Å². The number of carbonyl (C=O) groups excluding carboxylic acids is 2. The molecule has 2 amide bonds. The van der Waals surface area contributed by atoms with Crippen LogP contribution in [0.3, 0.4) is 0 Å². The second-order valence-electron chi connectivity index (χ2n) is 8.41. The molecule has 178 valence electrons. The Morgan fingerprint density at radius 2 is 1.68 bits per heavy atom. The summed E-state index contributed by atoms with van der Waals surface area (Å²) in [4.78, 5) is 29.2. The van der Waals surface area contributed by atoms with Gasteiger partial charge < -0.3 is 15.0 Å². The van der Waals surface area contributed by atoms with Gasteiger partial charge in [-0.25, -0.2) is 4.68 Å². The fourth-order valence-electron chi connectivity index (χ4n) is 4.06. The van der Waals surface area contributed by atoms with E-state index in [4.69, 9.17) is 4.74 Å². The maximum Gasteiger partial charge on any atom is 0.239 e. The summed E-state index contributed by atoms with van der Waals surface area (Å²) in [5.41, 5.74) is 2.24. The van der Waals surface area contributed by atoms with Crippen LogP contribution >= 0.6 is 0 Å². The van der Waals surface area contributed by atoms with Gasteiger partial charge in [-0.3, -0.25) is 14.5 Å². The molecule has 1 fully saturated rings. The van der Waals surface area contributed by atoms with Crippen LogP contribution in [-0.2, 0) is 22.6 Å². The zero-order valence-corrected chi connectivity index (χ0v) is 19.5. The molecule has 3 aromatic rings. The van der Waals surface area contributed by atoms with Crippen LogP contribution in [0, 0.1) is 0 Å². The van der Waals surface area contributed by atoms with E-state index in [0.29, 0.717) is 57.9 Å². The number of rotatable bonds is 9. The second-order valence-corrected chi connectivity index (χ2v) is 8.41. The molecule has 1 aliphatic rings. The fraction of sp³-hybridized carbons (Fsp3) is 0.346. The third kappa shape index (κ3) is 6.45. The minimum Gasteiger partial charge on any atom is -0.497 e. The molecule has 1 saturated heterocycles. The first-order valence-corrected chi connectivity index (χ1v) is 11.6. The lowest BCUT2D eigenvalue weighted by Crippen LogP contribution is -2.50. The first-order chi connectivity index (χ1) is 16.6. The fourth-order valence-corrected chi connectivity index (χ4v) is 4.06. The summed E-state index contributed by atoms with van der Waals surface area (Å²) in [5, 5.41) is 7.30. The van der Waals surface area contributed by atoms with E-state index in [9.17, 15) is 9.59 Å². The molecule has 1 N–H and O–H groups in total. The number of aromatic nitrogens is 2. The SMILES string of the molecule is COc1ccc(CCC(=O)N2CCN(CC(=O)Nc3ccnn3Cc3ccccc3)CC2)cc1. The molecular weight excluding hydrogens is 430 g/mol. The van der Waals surface area contributed by atoms with Gasteiger partial charge in [0.15, 0.2) is 0 Å². The van der Waals surface area contributed by atoms with Crippen molar-refractivity contribution < 1.29 is 14.3 Å². The second kappa shape index (κ2) is 11.5. The van der Waals surface area contributed by atoms with Crippen molar-refractivity contribution >= 4 is 17.6 Å². The highest BCUT2D eigenvalue weighted by molar-refractivity contribution is 5.91. The Balaban J connectivity index is 1.19. The zero-order chi connectivity index (χ0) is 23.8. The summed E-state index contributed by atoms with van der Waals surface area (Å²) in [7, 11) is 1.64. The number of benzene rings is 2. The quantitative estimate of drug-likeness (QED) is 0.530. The van der Waals surface area contributed by atoms with Gasteiger partial charge >= 0.3 is 0 Å². The van der Waals surface area contributed by atoms with E-state index < -0.39 is 0 Å². The molecule has 0 saturated carbocycles. The molecule has 8 nitrogen and oxygen atoms in total. The first kappa shape index (κ1) is 23.5. The number of amides is 2. The summed E-state index contributed by atoms with van der Waals surface area (Å²) in [6.45, 7) is 3.54. The van der Waals surface area contributed by atoms with Gasteiger partial charge in [-0.05, 0) is 29.7 Å². The highest BCUT2D eigenvalue weighted by Gasteiger charge is 2.22.